The van der Waals surface area contributed by atoms with Gasteiger partial charge in [-0.3, -0.25) is 4.98 Å². The molecule has 0 aliphatic carbocycles. The number of anilines is 3. The zero-order chi connectivity index (χ0) is 31.7. The largest absolute Gasteiger partial charge is 0.379 e. The molecule has 13 heteroatoms. The van der Waals surface area contributed by atoms with Crippen molar-refractivity contribution in [3.8, 4) is 17.3 Å². The van der Waals surface area contributed by atoms with E-state index in [0.717, 1.165) is 44.6 Å². The average molecular weight is 652 g/mol. The Morgan fingerprint density at radius 2 is 1.71 bits per heavy atom. The molecular weight excluding hydrogens is 624 g/mol. The van der Waals surface area contributed by atoms with E-state index >= 15 is 0 Å². The van der Waals surface area contributed by atoms with E-state index in [9.17, 15) is 18.4 Å². The Hall–Kier alpha value is -4.37. The molecule has 0 spiro atoms. The number of hydrogen-bond acceptors (Lipinski definition) is 7. The maximum absolute atomic E-state index is 14.4. The number of fused-ring (bicyclic) bond motifs is 1. The van der Waals surface area contributed by atoms with Crippen LogP contribution in [0, 0.1) is 28.8 Å². The fraction of sp³-hybridized carbons (Fsp3) is 0.250. The van der Waals surface area contributed by atoms with Gasteiger partial charge in [-0.2, -0.15) is 5.26 Å². The third-order valence-corrected chi connectivity index (χ3v) is 8.58. The maximum Gasteiger partial charge on any atom is 0.159 e. The van der Waals surface area contributed by atoms with Gasteiger partial charge in [0.15, 0.2) is 11.6 Å². The van der Waals surface area contributed by atoms with Crippen LogP contribution in [0.15, 0.2) is 54.7 Å². The van der Waals surface area contributed by atoms with Gasteiger partial charge in [0.25, 0.3) is 0 Å². The van der Waals surface area contributed by atoms with Crippen LogP contribution in [0.2, 0.25) is 10.0 Å². The van der Waals surface area contributed by atoms with Crippen LogP contribution < -0.4 is 10.6 Å². The Bertz CT molecular complexity index is 1930. The van der Waals surface area contributed by atoms with Crippen molar-refractivity contribution in [1.29, 1.82) is 5.26 Å². The van der Waals surface area contributed by atoms with Crippen molar-refractivity contribution in [3.05, 3.63) is 93.5 Å². The topological polar surface area (TPSA) is 94.7 Å². The third-order valence-electron chi connectivity index (χ3n) is 8.00. The molecule has 0 radical (unpaired) electrons. The van der Waals surface area contributed by atoms with Crippen molar-refractivity contribution in [3.63, 3.8) is 0 Å². The van der Waals surface area contributed by atoms with Gasteiger partial charge in [0, 0.05) is 41.6 Å². The number of hydrogen-bond donors (Lipinski definition) is 2. The molecule has 3 aromatic carbocycles. The van der Waals surface area contributed by atoms with Gasteiger partial charge < -0.3 is 15.5 Å². The van der Waals surface area contributed by atoms with E-state index < -0.39 is 17.5 Å². The number of aromatic nitrogens is 4. The quantitative estimate of drug-likeness (QED) is 0.175. The van der Waals surface area contributed by atoms with Crippen LogP contribution in [-0.2, 0) is 6.54 Å². The molecule has 1 saturated heterocycles. The molecule has 1 aliphatic heterocycles. The summed E-state index contributed by atoms with van der Waals surface area (Å²) in [6.45, 7) is 5.08. The summed E-state index contributed by atoms with van der Waals surface area (Å²) >= 11 is 12.6. The fourth-order valence-electron chi connectivity index (χ4n) is 5.61. The highest BCUT2D eigenvalue weighted by Gasteiger charge is 2.26. The van der Waals surface area contributed by atoms with E-state index in [-0.39, 0.29) is 23.2 Å². The zero-order valence-electron chi connectivity index (χ0n) is 24.1. The number of nitriles is 1. The van der Waals surface area contributed by atoms with Gasteiger partial charge in [0.1, 0.15) is 17.6 Å². The highest BCUT2D eigenvalue weighted by molar-refractivity contribution is 6.36. The van der Waals surface area contributed by atoms with Gasteiger partial charge in [-0.1, -0.05) is 35.3 Å². The van der Waals surface area contributed by atoms with Crippen molar-refractivity contribution in [1.82, 2.24) is 24.9 Å². The lowest BCUT2D eigenvalue weighted by molar-refractivity contribution is 0.187. The fourth-order valence-corrected chi connectivity index (χ4v) is 6.06. The molecule has 5 aromatic rings. The van der Waals surface area contributed by atoms with E-state index in [1.807, 2.05) is 4.68 Å². The molecule has 2 aromatic heterocycles. The van der Waals surface area contributed by atoms with E-state index in [2.05, 4.69) is 43.8 Å². The molecule has 0 unspecified atom stereocenters. The first-order valence-electron chi connectivity index (χ1n) is 14.4. The lowest BCUT2D eigenvalue weighted by Gasteiger charge is -2.31. The minimum atomic E-state index is -0.954. The Morgan fingerprint density at radius 1 is 0.956 bits per heavy atom. The second-order valence-electron chi connectivity index (χ2n) is 10.7. The summed E-state index contributed by atoms with van der Waals surface area (Å²) in [6.07, 6.45) is 3.11. The zero-order valence-corrected chi connectivity index (χ0v) is 25.6. The third kappa shape index (κ3) is 6.27. The maximum atomic E-state index is 14.4. The first-order chi connectivity index (χ1) is 21.7. The molecule has 230 valence electrons. The van der Waals surface area contributed by atoms with Gasteiger partial charge in [-0.25, -0.2) is 17.9 Å². The number of likely N-dealkylation sites (tertiary alicyclic amines) is 1. The lowest BCUT2D eigenvalue weighted by atomic mass is 10.0. The number of rotatable bonds is 8. The molecule has 2 N–H and O–H groups in total. The van der Waals surface area contributed by atoms with Crippen molar-refractivity contribution in [2.24, 2.45) is 0 Å². The average Bonchev–Trinajstić information content (AvgIpc) is 3.47. The Kier molecular flexibility index (Phi) is 8.81. The predicted molar refractivity (Wildman–Crippen MR) is 169 cm³/mol. The number of nitrogens with one attached hydrogen (secondary N) is 2. The van der Waals surface area contributed by atoms with E-state index in [1.165, 1.54) is 30.5 Å². The predicted octanol–water partition coefficient (Wildman–Crippen LogP) is 8.10. The molecule has 45 heavy (non-hydrogen) atoms. The molecule has 1 aliphatic rings. The van der Waals surface area contributed by atoms with Gasteiger partial charge in [-0.05, 0) is 67.9 Å². The van der Waals surface area contributed by atoms with Gasteiger partial charge in [0.2, 0.25) is 0 Å². The van der Waals surface area contributed by atoms with Gasteiger partial charge in [0.05, 0.1) is 45.1 Å². The normalized spacial score (nSPS) is 14.1. The molecule has 0 amide bonds. The van der Waals surface area contributed by atoms with Gasteiger partial charge >= 0.3 is 0 Å². The van der Waals surface area contributed by atoms with Crippen LogP contribution >= 0.6 is 23.2 Å². The van der Waals surface area contributed by atoms with Crippen LogP contribution in [0.5, 0.6) is 0 Å². The summed E-state index contributed by atoms with van der Waals surface area (Å²) < 4.78 is 43.9. The summed E-state index contributed by atoms with van der Waals surface area (Å²) in [5.74, 6) is -2.45. The summed E-state index contributed by atoms with van der Waals surface area (Å²) in [5, 5.41) is 26.0. The first kappa shape index (κ1) is 30.6. The van der Waals surface area contributed by atoms with Crippen molar-refractivity contribution < 1.29 is 13.2 Å². The smallest absolute Gasteiger partial charge is 0.159 e. The highest BCUT2D eigenvalue weighted by Crippen LogP contribution is 2.36. The van der Waals surface area contributed by atoms with E-state index in [1.54, 1.807) is 12.1 Å². The van der Waals surface area contributed by atoms with Crippen molar-refractivity contribution >= 4 is 51.2 Å². The van der Waals surface area contributed by atoms with Crippen LogP contribution in [0.4, 0.5) is 30.2 Å². The van der Waals surface area contributed by atoms with Crippen LogP contribution in [0.25, 0.3) is 22.2 Å². The summed E-state index contributed by atoms with van der Waals surface area (Å²) in [4.78, 5) is 6.74. The van der Waals surface area contributed by atoms with Gasteiger partial charge in [-0.15, -0.1) is 5.10 Å². The number of piperidine rings is 1. The van der Waals surface area contributed by atoms with Crippen molar-refractivity contribution in [2.75, 3.05) is 30.3 Å². The van der Waals surface area contributed by atoms with Crippen LogP contribution in [0.3, 0.4) is 0 Å². The SMILES string of the molecule is CCN1CCC(n2nnc(CNc3cc(Cl)c4ncc(C#N)c(Nc5ccc(F)c(Cl)c5)c4c3)c2-c2ccc(F)c(F)c2)CC1. The molecule has 1 fully saturated rings. The molecule has 0 bridgehead atoms. The molecule has 8 nitrogen and oxygen atoms in total. The first-order valence-corrected chi connectivity index (χ1v) is 15.1. The molecule has 3 heterocycles. The molecule has 0 saturated carbocycles. The second-order valence-corrected chi connectivity index (χ2v) is 11.6. The highest BCUT2D eigenvalue weighted by atomic mass is 35.5. The standard InChI is InChI=1S/C32H27Cl2F3N8/c1-2-44-9-7-22(8-10-44)45-32(18-3-5-27(36)28(37)11-18)29(42-43-45)17-39-21-12-23-30(41-20-4-6-26(35)24(33)13-20)19(15-38)16-40-31(23)25(34)14-21/h3-6,11-14,16,22,39H,2,7-10,17H2,1H3,(H,40,41). The Labute approximate surface area is 267 Å². The van der Waals surface area contributed by atoms with Crippen molar-refractivity contribution in [2.45, 2.75) is 32.4 Å². The van der Waals surface area contributed by atoms with Crippen LogP contribution in [0.1, 0.15) is 37.1 Å². The summed E-state index contributed by atoms with van der Waals surface area (Å²) in [5.41, 5.74) is 3.78. The van der Waals surface area contributed by atoms with E-state index in [0.29, 0.717) is 49.9 Å². The number of benzene rings is 3. The minimum Gasteiger partial charge on any atom is -0.379 e. The summed E-state index contributed by atoms with van der Waals surface area (Å²) in [6, 6.07) is 13.6. The Morgan fingerprint density at radius 3 is 2.42 bits per heavy atom. The lowest BCUT2D eigenvalue weighted by Crippen LogP contribution is -2.34. The summed E-state index contributed by atoms with van der Waals surface area (Å²) in [7, 11) is 0. The Balaban J connectivity index is 1.35. The minimum absolute atomic E-state index is 0.0522. The number of halogens is 5. The molecular formula is C32H27Cl2F3N8. The second kappa shape index (κ2) is 12.9. The van der Waals surface area contributed by atoms with Crippen LogP contribution in [-0.4, -0.2) is 44.5 Å². The molecule has 0 atom stereocenters. The number of nitrogens with zero attached hydrogens (tertiary/aromatic N) is 6. The monoisotopic (exact) mass is 650 g/mol. The number of pyridine rings is 1. The van der Waals surface area contributed by atoms with E-state index in [4.69, 9.17) is 23.2 Å². The molecule has 6 rings (SSSR count).